The minimum atomic E-state index is -0.392. The van der Waals surface area contributed by atoms with Gasteiger partial charge in [0.15, 0.2) is 0 Å². The molecule has 7 nitrogen and oxygen atoms in total. The standard InChI is InChI=1S/C17H27N5O2/c1-11(2)22-8-7-19-17(24)14(22)10-16(23)18-6-5-15-20-12(3)9-13(4)21-15/h9,11,14H,5-8,10H2,1-4H3,(H,18,23)(H,19,24). The monoisotopic (exact) mass is 333 g/mol. The van der Waals surface area contributed by atoms with Crippen molar-refractivity contribution in [2.24, 2.45) is 0 Å². The SMILES string of the molecule is Cc1cc(C)nc(CCNC(=O)CC2C(=O)NCCN2C(C)C)n1. The molecule has 1 unspecified atom stereocenters. The van der Waals surface area contributed by atoms with Crippen molar-refractivity contribution in [3.63, 3.8) is 0 Å². The van der Waals surface area contributed by atoms with Crippen molar-refractivity contribution in [1.82, 2.24) is 25.5 Å². The lowest BCUT2D eigenvalue weighted by atomic mass is 10.1. The van der Waals surface area contributed by atoms with Gasteiger partial charge >= 0.3 is 0 Å². The van der Waals surface area contributed by atoms with Crippen LogP contribution in [0.5, 0.6) is 0 Å². The number of hydrogen-bond acceptors (Lipinski definition) is 5. The first kappa shape index (κ1) is 18.3. The zero-order chi connectivity index (χ0) is 17.7. The summed E-state index contributed by atoms with van der Waals surface area (Å²) >= 11 is 0. The van der Waals surface area contributed by atoms with Crippen LogP contribution in [0.1, 0.15) is 37.5 Å². The van der Waals surface area contributed by atoms with Gasteiger partial charge in [0.25, 0.3) is 0 Å². The number of nitrogens with one attached hydrogen (secondary N) is 2. The highest BCUT2D eigenvalue weighted by atomic mass is 16.2. The first-order valence-corrected chi connectivity index (χ1v) is 8.48. The fraction of sp³-hybridized carbons (Fsp3) is 0.647. The van der Waals surface area contributed by atoms with Crippen LogP contribution >= 0.6 is 0 Å². The smallest absolute Gasteiger partial charge is 0.237 e. The third kappa shape index (κ3) is 4.99. The number of piperazine rings is 1. The number of carbonyl (C=O) groups excluding carboxylic acids is 2. The molecule has 2 heterocycles. The van der Waals surface area contributed by atoms with E-state index in [-0.39, 0.29) is 24.3 Å². The van der Waals surface area contributed by atoms with Gasteiger partial charge in [-0.05, 0) is 33.8 Å². The Bertz CT molecular complexity index is 582. The van der Waals surface area contributed by atoms with Crippen LogP contribution in [-0.2, 0) is 16.0 Å². The van der Waals surface area contributed by atoms with Crippen molar-refractivity contribution in [2.45, 2.75) is 52.6 Å². The lowest BCUT2D eigenvalue weighted by Gasteiger charge is -2.37. The molecule has 1 aliphatic heterocycles. The van der Waals surface area contributed by atoms with E-state index in [0.717, 1.165) is 23.8 Å². The molecule has 0 spiro atoms. The van der Waals surface area contributed by atoms with Crippen LogP contribution in [0.2, 0.25) is 0 Å². The molecule has 0 radical (unpaired) electrons. The number of aromatic nitrogens is 2. The van der Waals surface area contributed by atoms with E-state index in [2.05, 4.69) is 25.5 Å². The summed E-state index contributed by atoms with van der Waals surface area (Å²) in [6.45, 7) is 9.83. The van der Waals surface area contributed by atoms with Crippen molar-refractivity contribution in [3.05, 3.63) is 23.3 Å². The van der Waals surface area contributed by atoms with Crippen LogP contribution < -0.4 is 10.6 Å². The second kappa shape index (κ2) is 8.19. The first-order chi connectivity index (χ1) is 11.4. The normalized spacial score (nSPS) is 18.5. The first-order valence-electron chi connectivity index (χ1n) is 8.48. The van der Waals surface area contributed by atoms with Crippen molar-refractivity contribution in [3.8, 4) is 0 Å². The molecule has 2 rings (SSSR count). The van der Waals surface area contributed by atoms with Gasteiger partial charge < -0.3 is 10.6 Å². The Morgan fingerprint density at radius 3 is 2.67 bits per heavy atom. The van der Waals surface area contributed by atoms with Crippen molar-refractivity contribution >= 4 is 11.8 Å². The second-order valence-electron chi connectivity index (χ2n) is 6.51. The van der Waals surface area contributed by atoms with Gasteiger partial charge in [0.05, 0.1) is 12.5 Å². The molecule has 132 valence electrons. The molecule has 1 aromatic heterocycles. The molecular formula is C17H27N5O2. The lowest BCUT2D eigenvalue weighted by Crippen LogP contribution is -2.58. The van der Waals surface area contributed by atoms with Gasteiger partial charge in [0.2, 0.25) is 11.8 Å². The van der Waals surface area contributed by atoms with E-state index in [4.69, 9.17) is 0 Å². The number of amides is 2. The summed E-state index contributed by atoms with van der Waals surface area (Å²) in [5.41, 5.74) is 1.85. The molecule has 2 amide bonds. The molecular weight excluding hydrogens is 306 g/mol. The molecule has 1 fully saturated rings. The van der Waals surface area contributed by atoms with Gasteiger partial charge in [-0.15, -0.1) is 0 Å². The van der Waals surface area contributed by atoms with Gasteiger partial charge in [-0.2, -0.15) is 0 Å². The maximum absolute atomic E-state index is 12.2. The van der Waals surface area contributed by atoms with Gasteiger partial charge in [-0.3, -0.25) is 14.5 Å². The predicted molar refractivity (Wildman–Crippen MR) is 91.5 cm³/mol. The maximum Gasteiger partial charge on any atom is 0.237 e. The highest BCUT2D eigenvalue weighted by Gasteiger charge is 2.32. The van der Waals surface area contributed by atoms with Crippen molar-refractivity contribution in [1.29, 1.82) is 0 Å². The minimum absolute atomic E-state index is 0.0669. The molecule has 0 bridgehead atoms. The molecule has 0 aromatic carbocycles. The van der Waals surface area contributed by atoms with Gasteiger partial charge in [0, 0.05) is 43.5 Å². The van der Waals surface area contributed by atoms with Crippen molar-refractivity contribution < 1.29 is 9.59 Å². The summed E-state index contributed by atoms with van der Waals surface area (Å²) in [6.07, 6.45) is 0.761. The summed E-state index contributed by atoms with van der Waals surface area (Å²) in [5, 5.41) is 5.71. The number of aryl methyl sites for hydroxylation is 2. The number of hydrogen-bond donors (Lipinski definition) is 2. The lowest BCUT2D eigenvalue weighted by molar-refractivity contribution is -0.134. The van der Waals surface area contributed by atoms with Crippen LogP contribution in [0.3, 0.4) is 0 Å². The molecule has 1 atom stereocenters. The van der Waals surface area contributed by atoms with E-state index in [1.54, 1.807) is 0 Å². The highest BCUT2D eigenvalue weighted by molar-refractivity contribution is 5.88. The van der Waals surface area contributed by atoms with Crippen LogP contribution in [0, 0.1) is 13.8 Å². The number of carbonyl (C=O) groups is 2. The molecule has 7 heteroatoms. The van der Waals surface area contributed by atoms with Gasteiger partial charge in [-0.25, -0.2) is 9.97 Å². The van der Waals surface area contributed by atoms with Crippen LogP contribution in [-0.4, -0.2) is 58.4 Å². The molecule has 1 aromatic rings. The largest absolute Gasteiger partial charge is 0.356 e. The summed E-state index contributed by atoms with van der Waals surface area (Å²) in [7, 11) is 0. The van der Waals surface area contributed by atoms with E-state index in [1.807, 2.05) is 33.8 Å². The Balaban J connectivity index is 1.84. The Kier molecular flexibility index (Phi) is 6.25. The zero-order valence-corrected chi connectivity index (χ0v) is 14.9. The van der Waals surface area contributed by atoms with Crippen LogP contribution in [0.4, 0.5) is 0 Å². The summed E-state index contributed by atoms with van der Waals surface area (Å²) in [5.74, 6) is 0.543. The topological polar surface area (TPSA) is 87.2 Å². The van der Waals surface area contributed by atoms with E-state index in [1.165, 1.54) is 0 Å². The Morgan fingerprint density at radius 2 is 2.04 bits per heavy atom. The van der Waals surface area contributed by atoms with E-state index < -0.39 is 6.04 Å². The fourth-order valence-electron chi connectivity index (χ4n) is 3.03. The Hall–Kier alpha value is -2.02. The Labute approximate surface area is 143 Å². The quantitative estimate of drug-likeness (QED) is 0.784. The predicted octanol–water partition coefficient (Wildman–Crippen LogP) is 0.351. The average Bonchev–Trinajstić information content (AvgIpc) is 2.48. The molecule has 0 saturated carbocycles. The Morgan fingerprint density at radius 1 is 1.38 bits per heavy atom. The maximum atomic E-state index is 12.2. The molecule has 1 aliphatic rings. The van der Waals surface area contributed by atoms with E-state index in [9.17, 15) is 9.59 Å². The van der Waals surface area contributed by atoms with Crippen molar-refractivity contribution in [2.75, 3.05) is 19.6 Å². The third-order valence-electron chi connectivity index (χ3n) is 4.11. The molecule has 24 heavy (non-hydrogen) atoms. The van der Waals surface area contributed by atoms with E-state index >= 15 is 0 Å². The summed E-state index contributed by atoms with van der Waals surface area (Å²) < 4.78 is 0. The van der Waals surface area contributed by atoms with Crippen LogP contribution in [0.15, 0.2) is 6.07 Å². The highest BCUT2D eigenvalue weighted by Crippen LogP contribution is 2.12. The second-order valence-corrected chi connectivity index (χ2v) is 6.51. The number of nitrogens with zero attached hydrogens (tertiary/aromatic N) is 3. The van der Waals surface area contributed by atoms with Gasteiger partial charge in [0.1, 0.15) is 5.82 Å². The molecule has 0 aliphatic carbocycles. The zero-order valence-electron chi connectivity index (χ0n) is 14.9. The van der Waals surface area contributed by atoms with E-state index in [0.29, 0.717) is 19.5 Å². The fourth-order valence-corrected chi connectivity index (χ4v) is 3.03. The summed E-state index contributed by atoms with van der Waals surface area (Å²) in [6, 6.07) is 1.76. The third-order valence-corrected chi connectivity index (χ3v) is 4.11. The molecule has 1 saturated heterocycles. The number of rotatable bonds is 6. The molecule has 2 N–H and O–H groups in total. The average molecular weight is 333 g/mol. The summed E-state index contributed by atoms with van der Waals surface area (Å²) in [4.78, 5) is 35.0. The minimum Gasteiger partial charge on any atom is -0.356 e. The van der Waals surface area contributed by atoms with Crippen LogP contribution in [0.25, 0.3) is 0 Å². The van der Waals surface area contributed by atoms with Gasteiger partial charge in [-0.1, -0.05) is 0 Å².